The fraction of sp³-hybridized carbons (Fsp3) is 0.217. The fourth-order valence-corrected chi connectivity index (χ4v) is 3.01. The largest absolute Gasteiger partial charge is 0.471 e. The van der Waals surface area contributed by atoms with Gasteiger partial charge < -0.3 is 10.5 Å². The van der Waals surface area contributed by atoms with E-state index in [4.69, 9.17) is 10.5 Å². The van der Waals surface area contributed by atoms with Gasteiger partial charge in [0.1, 0.15) is 6.61 Å². The number of pyridine rings is 1. The van der Waals surface area contributed by atoms with Crippen LogP contribution in [0.4, 0.5) is 13.2 Å². The third-order valence-corrected chi connectivity index (χ3v) is 4.87. The molecule has 0 saturated heterocycles. The highest BCUT2D eigenvalue weighted by Gasteiger charge is 2.30. The number of aryl methyl sites for hydroxylation is 1. The topological polar surface area (TPSA) is 90.7 Å². The van der Waals surface area contributed by atoms with Gasteiger partial charge in [-0.25, -0.2) is 9.98 Å². The predicted octanol–water partition coefficient (Wildman–Crippen LogP) is 4.23. The van der Waals surface area contributed by atoms with Crippen LogP contribution < -0.4 is 10.5 Å². The third-order valence-electron chi connectivity index (χ3n) is 4.87. The molecule has 1 aromatic carbocycles. The van der Waals surface area contributed by atoms with Crippen LogP contribution in [0.3, 0.4) is 0 Å². The average Bonchev–Trinajstić information content (AvgIpc) is 3.16. The molecule has 3 rings (SSSR count). The molecular weight excluding hydrogens is 433 g/mol. The van der Waals surface area contributed by atoms with Gasteiger partial charge in [0.15, 0.2) is 5.84 Å². The van der Waals surface area contributed by atoms with E-state index in [0.29, 0.717) is 22.9 Å². The zero-order valence-corrected chi connectivity index (χ0v) is 18.4. The van der Waals surface area contributed by atoms with Gasteiger partial charge in [0.2, 0.25) is 5.88 Å². The molecule has 2 aromatic heterocycles. The Morgan fingerprint density at radius 1 is 1.12 bits per heavy atom. The lowest BCUT2D eigenvalue weighted by Crippen LogP contribution is -2.10. The van der Waals surface area contributed by atoms with Gasteiger partial charge in [0.05, 0.1) is 23.2 Å². The lowest BCUT2D eigenvalue weighted by molar-refractivity contribution is -0.137. The summed E-state index contributed by atoms with van der Waals surface area (Å²) >= 11 is 0. The first-order valence-electron chi connectivity index (χ1n) is 9.84. The van der Waals surface area contributed by atoms with E-state index in [1.165, 1.54) is 6.07 Å². The van der Waals surface area contributed by atoms with Gasteiger partial charge in [-0.05, 0) is 18.6 Å². The van der Waals surface area contributed by atoms with Crippen LogP contribution in [0.1, 0.15) is 34.9 Å². The minimum absolute atomic E-state index is 0.0446. The average molecular weight is 456 g/mol. The number of hydrogen-bond acceptors (Lipinski definition) is 5. The molecule has 0 spiro atoms. The van der Waals surface area contributed by atoms with E-state index in [0.717, 1.165) is 29.0 Å². The molecule has 33 heavy (non-hydrogen) atoms. The Hall–Kier alpha value is -3.95. The van der Waals surface area contributed by atoms with E-state index in [1.54, 1.807) is 25.0 Å². The Balaban J connectivity index is 1.80. The summed E-state index contributed by atoms with van der Waals surface area (Å²) in [7, 11) is 3.38. The molecule has 0 fully saturated rings. The highest BCUT2D eigenvalue weighted by atomic mass is 19.4. The SMILES string of the molecule is C=C(N)c1ccc(C(=NC)N=C(C)c2cnn(C)c2COc2ccc(C(F)(F)F)cn2)cc1. The molecule has 0 aliphatic rings. The van der Waals surface area contributed by atoms with Crippen LogP contribution in [0.25, 0.3) is 5.70 Å². The number of nitrogens with two attached hydrogens (primary N) is 1. The molecule has 3 aromatic rings. The minimum Gasteiger partial charge on any atom is -0.471 e. The van der Waals surface area contributed by atoms with Gasteiger partial charge in [0, 0.05) is 43.2 Å². The van der Waals surface area contributed by atoms with Gasteiger partial charge in [-0.15, -0.1) is 0 Å². The molecule has 0 bridgehead atoms. The number of hydrogen-bond donors (Lipinski definition) is 1. The van der Waals surface area contributed by atoms with Crippen molar-refractivity contribution in [2.75, 3.05) is 7.05 Å². The Morgan fingerprint density at radius 2 is 1.79 bits per heavy atom. The maximum Gasteiger partial charge on any atom is 0.417 e. The van der Waals surface area contributed by atoms with Gasteiger partial charge in [0.25, 0.3) is 0 Å². The summed E-state index contributed by atoms with van der Waals surface area (Å²) in [5.74, 6) is 0.587. The Labute approximate surface area is 189 Å². The van der Waals surface area contributed by atoms with Crippen molar-refractivity contribution in [3.8, 4) is 5.88 Å². The smallest absolute Gasteiger partial charge is 0.417 e. The number of nitrogens with zero attached hydrogens (tertiary/aromatic N) is 5. The summed E-state index contributed by atoms with van der Waals surface area (Å²) in [6.07, 6.45) is -2.07. The lowest BCUT2D eigenvalue weighted by atomic mass is 10.1. The first-order valence-corrected chi connectivity index (χ1v) is 9.84. The van der Waals surface area contributed by atoms with Crippen LogP contribution in [0.2, 0.25) is 0 Å². The van der Waals surface area contributed by atoms with Crippen LogP contribution in [0.15, 0.2) is 65.4 Å². The van der Waals surface area contributed by atoms with Crippen LogP contribution in [0, 0.1) is 0 Å². The molecule has 0 atom stereocenters. The second-order valence-electron chi connectivity index (χ2n) is 7.15. The Bertz CT molecular complexity index is 1190. The molecule has 0 amide bonds. The molecule has 0 aliphatic heterocycles. The number of benzene rings is 1. The summed E-state index contributed by atoms with van der Waals surface area (Å²) in [6, 6.07) is 9.50. The first kappa shape index (κ1) is 23.7. The number of aliphatic imine (C=N–C) groups is 2. The van der Waals surface area contributed by atoms with Crippen LogP contribution in [-0.2, 0) is 19.8 Å². The maximum absolute atomic E-state index is 12.7. The van der Waals surface area contributed by atoms with Crippen molar-refractivity contribution >= 4 is 17.2 Å². The van der Waals surface area contributed by atoms with E-state index in [-0.39, 0.29) is 12.5 Å². The zero-order chi connectivity index (χ0) is 24.2. The van der Waals surface area contributed by atoms with Crippen LogP contribution in [-0.4, -0.2) is 33.4 Å². The zero-order valence-electron chi connectivity index (χ0n) is 18.4. The molecule has 0 radical (unpaired) electrons. The molecular formula is C23H23F3N6O. The third kappa shape index (κ3) is 5.65. The molecule has 7 nitrogen and oxygen atoms in total. The quantitative estimate of drug-likeness (QED) is 0.444. The fourth-order valence-electron chi connectivity index (χ4n) is 3.01. The predicted molar refractivity (Wildman–Crippen MR) is 121 cm³/mol. The maximum atomic E-state index is 12.7. The molecule has 0 aliphatic carbocycles. The van der Waals surface area contributed by atoms with Gasteiger partial charge in [-0.1, -0.05) is 30.8 Å². The highest BCUT2D eigenvalue weighted by Crippen LogP contribution is 2.29. The van der Waals surface area contributed by atoms with Crippen molar-refractivity contribution in [3.63, 3.8) is 0 Å². The summed E-state index contributed by atoms with van der Waals surface area (Å²) in [5, 5.41) is 4.26. The van der Waals surface area contributed by atoms with Crippen LogP contribution in [0.5, 0.6) is 5.88 Å². The number of amidine groups is 1. The van der Waals surface area contributed by atoms with E-state index in [9.17, 15) is 13.2 Å². The Kier molecular flexibility index (Phi) is 6.95. The van der Waals surface area contributed by atoms with Gasteiger partial charge >= 0.3 is 6.18 Å². The van der Waals surface area contributed by atoms with E-state index < -0.39 is 11.7 Å². The van der Waals surface area contributed by atoms with Crippen molar-refractivity contribution in [1.29, 1.82) is 0 Å². The standard InChI is InChI=1S/C23H23F3N6O/c1-14(27)16-5-7-17(8-6-16)22(28-3)31-15(2)19-12-30-32(4)20(19)13-33-21-10-9-18(11-29-21)23(24,25)26/h5-12H,1,13,27H2,2-4H3. The van der Waals surface area contributed by atoms with Crippen molar-refractivity contribution < 1.29 is 17.9 Å². The summed E-state index contributed by atoms with van der Waals surface area (Å²) in [5.41, 5.74) is 9.02. The highest BCUT2D eigenvalue weighted by molar-refractivity contribution is 6.11. The monoisotopic (exact) mass is 456 g/mol. The summed E-state index contributed by atoms with van der Waals surface area (Å²) in [4.78, 5) is 12.6. The summed E-state index contributed by atoms with van der Waals surface area (Å²) in [6.45, 7) is 5.58. The number of halogens is 3. The molecule has 0 unspecified atom stereocenters. The lowest BCUT2D eigenvalue weighted by Gasteiger charge is -2.10. The van der Waals surface area contributed by atoms with Crippen LogP contribution >= 0.6 is 0 Å². The molecule has 2 heterocycles. The second-order valence-corrected chi connectivity index (χ2v) is 7.15. The van der Waals surface area contributed by atoms with Crippen molar-refractivity contribution in [2.24, 2.45) is 22.8 Å². The Morgan fingerprint density at radius 3 is 2.33 bits per heavy atom. The summed E-state index contributed by atoms with van der Waals surface area (Å²) < 4.78 is 45.3. The van der Waals surface area contributed by atoms with Crippen molar-refractivity contribution in [1.82, 2.24) is 14.8 Å². The number of rotatable bonds is 6. The van der Waals surface area contributed by atoms with E-state index >= 15 is 0 Å². The molecule has 10 heteroatoms. The molecule has 2 N–H and O–H groups in total. The van der Waals surface area contributed by atoms with Crippen molar-refractivity contribution in [3.05, 3.63) is 83.3 Å². The number of aromatic nitrogens is 3. The molecule has 172 valence electrons. The van der Waals surface area contributed by atoms with Gasteiger partial charge in [-0.2, -0.15) is 18.3 Å². The second kappa shape index (κ2) is 9.68. The normalized spacial score (nSPS) is 12.7. The van der Waals surface area contributed by atoms with Crippen molar-refractivity contribution in [2.45, 2.75) is 19.7 Å². The first-order chi connectivity index (χ1) is 15.6. The van der Waals surface area contributed by atoms with E-state index in [2.05, 4.69) is 26.6 Å². The minimum atomic E-state index is -4.45. The molecule has 0 saturated carbocycles. The van der Waals surface area contributed by atoms with Gasteiger partial charge in [-0.3, -0.25) is 9.67 Å². The van der Waals surface area contributed by atoms with E-state index in [1.807, 2.05) is 31.2 Å². The number of alkyl halides is 3. The number of ether oxygens (including phenoxy) is 1.